The smallest absolute Gasteiger partial charge is 0.249 e. The molecule has 0 saturated carbocycles. The predicted octanol–water partition coefficient (Wildman–Crippen LogP) is 3.57. The van der Waals surface area contributed by atoms with E-state index in [2.05, 4.69) is 10.3 Å². The van der Waals surface area contributed by atoms with Gasteiger partial charge in [-0.05, 0) is 25.8 Å². The first-order chi connectivity index (χ1) is 10.6. The van der Waals surface area contributed by atoms with Gasteiger partial charge in [-0.3, -0.25) is 4.79 Å². The summed E-state index contributed by atoms with van der Waals surface area (Å²) in [6.07, 6.45) is 1.46. The van der Waals surface area contributed by atoms with Crippen LogP contribution >= 0.6 is 22.9 Å². The van der Waals surface area contributed by atoms with Crippen molar-refractivity contribution in [3.63, 3.8) is 0 Å². The van der Waals surface area contributed by atoms with Crippen molar-refractivity contribution in [2.75, 3.05) is 6.61 Å². The Kier molecular flexibility index (Phi) is 4.76. The van der Waals surface area contributed by atoms with Crippen molar-refractivity contribution >= 4 is 28.8 Å². The summed E-state index contributed by atoms with van der Waals surface area (Å²) >= 11 is 7.77. The zero-order chi connectivity index (χ0) is 15.5. The molecular weight excluding hydrogens is 320 g/mol. The topological polar surface area (TPSA) is 51.2 Å². The Morgan fingerprint density at radius 1 is 1.50 bits per heavy atom. The van der Waals surface area contributed by atoms with Crippen molar-refractivity contribution in [1.29, 1.82) is 0 Å². The second kappa shape index (κ2) is 6.77. The van der Waals surface area contributed by atoms with E-state index in [0.29, 0.717) is 18.2 Å². The molecule has 0 bridgehead atoms. The molecule has 1 aromatic carbocycles. The fraction of sp³-hybridized carbons (Fsp3) is 0.375. The highest BCUT2D eigenvalue weighted by Crippen LogP contribution is 2.32. The lowest BCUT2D eigenvalue weighted by atomic mass is 10.2. The van der Waals surface area contributed by atoms with Gasteiger partial charge in [0.05, 0.1) is 17.3 Å². The van der Waals surface area contributed by atoms with E-state index in [0.717, 1.165) is 34.0 Å². The number of amides is 1. The van der Waals surface area contributed by atoms with Gasteiger partial charge >= 0.3 is 0 Å². The number of nitrogens with one attached hydrogen (secondary N) is 1. The maximum absolute atomic E-state index is 12.0. The van der Waals surface area contributed by atoms with Crippen LogP contribution < -0.4 is 5.32 Å². The van der Waals surface area contributed by atoms with Crippen molar-refractivity contribution in [2.45, 2.75) is 32.4 Å². The van der Waals surface area contributed by atoms with Gasteiger partial charge in [0.25, 0.3) is 0 Å². The maximum Gasteiger partial charge on any atom is 0.249 e. The van der Waals surface area contributed by atoms with Crippen LogP contribution in [-0.4, -0.2) is 23.6 Å². The molecular formula is C16H17ClN2O2S. The highest BCUT2D eigenvalue weighted by molar-refractivity contribution is 7.15. The highest BCUT2D eigenvalue weighted by Gasteiger charge is 2.23. The van der Waals surface area contributed by atoms with Crippen LogP contribution in [0.4, 0.5) is 0 Å². The Balaban J connectivity index is 1.70. The first kappa shape index (κ1) is 15.5. The van der Waals surface area contributed by atoms with E-state index in [1.165, 1.54) is 0 Å². The Bertz CT molecular complexity index is 681. The minimum absolute atomic E-state index is 0.0374. The molecule has 0 radical (unpaired) electrons. The molecule has 1 saturated heterocycles. The average molecular weight is 337 g/mol. The van der Waals surface area contributed by atoms with E-state index in [-0.39, 0.29) is 12.0 Å². The molecule has 1 fully saturated rings. The average Bonchev–Trinajstić information content (AvgIpc) is 3.15. The van der Waals surface area contributed by atoms with E-state index >= 15 is 0 Å². The standard InChI is InChI=1S/C16H17ClN2O2S/c1-10-14(9-18-15(20)13-7-4-8-21-13)22-16(19-10)11-5-2-3-6-12(11)17/h2-3,5-6,13H,4,7-9H2,1H3,(H,18,20)/t13-/m0/s1. The Labute approximate surface area is 138 Å². The Hall–Kier alpha value is -1.43. The molecule has 0 aliphatic carbocycles. The minimum atomic E-state index is -0.295. The van der Waals surface area contributed by atoms with Gasteiger partial charge in [-0.2, -0.15) is 0 Å². The van der Waals surface area contributed by atoms with Gasteiger partial charge in [0, 0.05) is 17.0 Å². The van der Waals surface area contributed by atoms with E-state index in [4.69, 9.17) is 16.3 Å². The summed E-state index contributed by atoms with van der Waals surface area (Å²) in [6, 6.07) is 7.65. The third-order valence-corrected chi connectivity index (χ3v) is 5.16. The van der Waals surface area contributed by atoms with Gasteiger partial charge in [0.1, 0.15) is 11.1 Å². The number of thiazole rings is 1. The molecule has 4 nitrogen and oxygen atoms in total. The molecule has 1 N–H and O–H groups in total. The van der Waals surface area contributed by atoms with Crippen LogP contribution in [0.5, 0.6) is 0 Å². The van der Waals surface area contributed by atoms with Gasteiger partial charge in [-0.1, -0.05) is 29.8 Å². The quantitative estimate of drug-likeness (QED) is 0.928. The van der Waals surface area contributed by atoms with Crippen molar-refractivity contribution < 1.29 is 9.53 Å². The Morgan fingerprint density at radius 2 is 2.32 bits per heavy atom. The molecule has 2 heterocycles. The number of hydrogen-bond acceptors (Lipinski definition) is 4. The van der Waals surface area contributed by atoms with Crippen LogP contribution in [-0.2, 0) is 16.1 Å². The number of halogens is 1. The second-order valence-corrected chi connectivity index (χ2v) is 6.72. The second-order valence-electron chi connectivity index (χ2n) is 5.23. The van der Waals surface area contributed by atoms with Crippen molar-refractivity contribution in [3.05, 3.63) is 39.9 Å². The molecule has 2 aromatic rings. The number of benzene rings is 1. The van der Waals surface area contributed by atoms with Crippen LogP contribution in [0.2, 0.25) is 5.02 Å². The minimum Gasteiger partial charge on any atom is -0.368 e. The van der Waals surface area contributed by atoms with Crippen LogP contribution in [0.25, 0.3) is 10.6 Å². The SMILES string of the molecule is Cc1nc(-c2ccccc2Cl)sc1CNC(=O)[C@@H]1CCCO1. The molecule has 0 spiro atoms. The summed E-state index contributed by atoms with van der Waals surface area (Å²) in [5, 5.41) is 4.50. The predicted molar refractivity (Wildman–Crippen MR) is 88.1 cm³/mol. The molecule has 1 aliphatic heterocycles. The summed E-state index contributed by atoms with van der Waals surface area (Å²) in [4.78, 5) is 17.6. The van der Waals surface area contributed by atoms with Gasteiger partial charge in [0.2, 0.25) is 5.91 Å². The lowest BCUT2D eigenvalue weighted by Crippen LogP contribution is -2.33. The van der Waals surface area contributed by atoms with Crippen LogP contribution in [0, 0.1) is 6.92 Å². The number of hydrogen-bond donors (Lipinski definition) is 1. The lowest BCUT2D eigenvalue weighted by Gasteiger charge is -2.09. The molecule has 3 rings (SSSR count). The molecule has 1 aliphatic rings. The molecule has 1 amide bonds. The van der Waals surface area contributed by atoms with Crippen molar-refractivity contribution in [3.8, 4) is 10.6 Å². The van der Waals surface area contributed by atoms with Crippen molar-refractivity contribution in [1.82, 2.24) is 10.3 Å². The molecule has 1 aromatic heterocycles. The van der Waals surface area contributed by atoms with E-state index in [9.17, 15) is 4.79 Å². The normalized spacial score (nSPS) is 17.6. The molecule has 1 atom stereocenters. The number of rotatable bonds is 4. The third kappa shape index (κ3) is 3.32. The summed E-state index contributed by atoms with van der Waals surface area (Å²) in [7, 11) is 0. The number of ether oxygens (including phenoxy) is 1. The fourth-order valence-corrected chi connectivity index (χ4v) is 3.73. The molecule has 6 heteroatoms. The van der Waals surface area contributed by atoms with Gasteiger partial charge < -0.3 is 10.1 Å². The monoisotopic (exact) mass is 336 g/mol. The van der Waals surface area contributed by atoms with Gasteiger partial charge in [-0.15, -0.1) is 11.3 Å². The van der Waals surface area contributed by atoms with Gasteiger partial charge in [0.15, 0.2) is 0 Å². The van der Waals surface area contributed by atoms with E-state index < -0.39 is 0 Å². The summed E-state index contributed by atoms with van der Waals surface area (Å²) in [5.41, 5.74) is 1.85. The first-order valence-corrected chi connectivity index (χ1v) is 8.45. The summed E-state index contributed by atoms with van der Waals surface area (Å²) in [6.45, 7) is 3.10. The zero-order valence-corrected chi connectivity index (χ0v) is 13.8. The summed E-state index contributed by atoms with van der Waals surface area (Å²) in [5.74, 6) is -0.0374. The third-order valence-electron chi connectivity index (χ3n) is 3.64. The number of aromatic nitrogens is 1. The van der Waals surface area contributed by atoms with Crippen LogP contribution in [0.3, 0.4) is 0 Å². The van der Waals surface area contributed by atoms with Crippen LogP contribution in [0.1, 0.15) is 23.4 Å². The number of carbonyl (C=O) groups excluding carboxylic acids is 1. The molecule has 0 unspecified atom stereocenters. The van der Waals surface area contributed by atoms with E-state index in [1.807, 2.05) is 31.2 Å². The van der Waals surface area contributed by atoms with Crippen molar-refractivity contribution in [2.24, 2.45) is 0 Å². The number of nitrogens with zero attached hydrogens (tertiary/aromatic N) is 1. The van der Waals surface area contributed by atoms with E-state index in [1.54, 1.807) is 11.3 Å². The fourth-order valence-electron chi connectivity index (χ4n) is 2.41. The summed E-state index contributed by atoms with van der Waals surface area (Å²) < 4.78 is 5.38. The largest absolute Gasteiger partial charge is 0.368 e. The molecule has 22 heavy (non-hydrogen) atoms. The van der Waals surface area contributed by atoms with Crippen LogP contribution in [0.15, 0.2) is 24.3 Å². The lowest BCUT2D eigenvalue weighted by molar-refractivity contribution is -0.130. The number of carbonyl (C=O) groups is 1. The maximum atomic E-state index is 12.0. The zero-order valence-electron chi connectivity index (χ0n) is 12.3. The highest BCUT2D eigenvalue weighted by atomic mass is 35.5. The van der Waals surface area contributed by atoms with Gasteiger partial charge in [-0.25, -0.2) is 4.98 Å². The first-order valence-electron chi connectivity index (χ1n) is 7.25. The molecule has 116 valence electrons. The Morgan fingerprint density at radius 3 is 3.05 bits per heavy atom. The number of aryl methyl sites for hydroxylation is 1.